The molecule has 0 aromatic heterocycles. The van der Waals surface area contributed by atoms with Gasteiger partial charge in [-0.05, 0) is 34.5 Å². The number of carbonyl (C=O) groups is 1. The summed E-state index contributed by atoms with van der Waals surface area (Å²) in [7, 11) is 1.59. The lowest BCUT2D eigenvalue weighted by molar-refractivity contribution is -0.120. The molecule has 1 N–H and O–H groups in total. The van der Waals surface area contributed by atoms with Crippen LogP contribution in [0, 0.1) is 5.82 Å². The Morgan fingerprint density at radius 1 is 1.12 bits per heavy atom. The highest BCUT2D eigenvalue weighted by Crippen LogP contribution is 2.26. The molecule has 0 spiro atoms. The number of carbonyl (C=O) groups excluding carboxylic acids is 1. The van der Waals surface area contributed by atoms with Crippen LogP contribution in [-0.4, -0.2) is 19.2 Å². The molecule has 0 fully saturated rings. The van der Waals surface area contributed by atoms with Gasteiger partial charge in [-0.3, -0.25) is 4.79 Å². The van der Waals surface area contributed by atoms with Gasteiger partial charge in [-0.25, -0.2) is 9.82 Å². The van der Waals surface area contributed by atoms with Gasteiger partial charge in [-0.2, -0.15) is 5.10 Å². The number of nitrogens with zero attached hydrogens (tertiary/aromatic N) is 1. The maximum absolute atomic E-state index is 12.9. The van der Waals surface area contributed by atoms with Crippen LogP contribution in [0.2, 0.25) is 0 Å². The Labute approximate surface area is 144 Å². The average Bonchev–Trinajstić information content (AvgIpc) is 2.63. The number of hydrogen-bond acceptors (Lipinski definition) is 3. The quantitative estimate of drug-likeness (QED) is 0.571. The Kier molecular flexibility index (Phi) is 5.04. The number of fused-ring (bicyclic) bond motifs is 1. The molecule has 0 aliphatic heterocycles. The van der Waals surface area contributed by atoms with Crippen molar-refractivity contribution in [1.82, 2.24) is 5.43 Å². The van der Waals surface area contributed by atoms with Crippen LogP contribution < -0.4 is 10.2 Å². The second kappa shape index (κ2) is 7.57. The van der Waals surface area contributed by atoms with E-state index in [1.54, 1.807) is 25.5 Å². The molecular weight excluding hydrogens is 319 g/mol. The van der Waals surface area contributed by atoms with E-state index < -0.39 is 0 Å². The fraction of sp³-hybridized carbons (Fsp3) is 0.100. The zero-order valence-electron chi connectivity index (χ0n) is 13.7. The van der Waals surface area contributed by atoms with Crippen molar-refractivity contribution in [2.45, 2.75) is 6.42 Å². The third-order valence-corrected chi connectivity index (χ3v) is 3.81. The summed E-state index contributed by atoms with van der Waals surface area (Å²) in [4.78, 5) is 12.0. The topological polar surface area (TPSA) is 50.7 Å². The highest BCUT2D eigenvalue weighted by atomic mass is 19.1. The van der Waals surface area contributed by atoms with Gasteiger partial charge in [0.15, 0.2) is 0 Å². The van der Waals surface area contributed by atoms with Gasteiger partial charge >= 0.3 is 0 Å². The third kappa shape index (κ3) is 4.01. The molecule has 0 bridgehead atoms. The number of nitrogens with one attached hydrogen (secondary N) is 1. The van der Waals surface area contributed by atoms with Crippen LogP contribution in [0.3, 0.4) is 0 Å². The van der Waals surface area contributed by atoms with E-state index in [-0.39, 0.29) is 18.1 Å². The molecule has 0 aliphatic carbocycles. The van der Waals surface area contributed by atoms with E-state index in [0.717, 1.165) is 21.9 Å². The molecule has 0 atom stereocenters. The molecule has 0 radical (unpaired) electrons. The van der Waals surface area contributed by atoms with Crippen molar-refractivity contribution in [3.8, 4) is 5.75 Å². The third-order valence-electron chi connectivity index (χ3n) is 3.81. The van der Waals surface area contributed by atoms with E-state index in [2.05, 4.69) is 10.5 Å². The highest BCUT2D eigenvalue weighted by Gasteiger charge is 2.06. The SMILES string of the molecule is COc1ccc2ccccc2c1/C=N\NC(=O)Cc1ccc(F)cc1. The van der Waals surface area contributed by atoms with Crippen molar-refractivity contribution in [1.29, 1.82) is 0 Å². The molecule has 0 aliphatic rings. The second-order valence-electron chi connectivity index (χ2n) is 5.50. The van der Waals surface area contributed by atoms with Crippen molar-refractivity contribution in [2.24, 2.45) is 5.10 Å². The maximum Gasteiger partial charge on any atom is 0.244 e. The Bertz CT molecular complexity index is 921. The lowest BCUT2D eigenvalue weighted by Crippen LogP contribution is -2.19. The van der Waals surface area contributed by atoms with E-state index in [9.17, 15) is 9.18 Å². The molecule has 0 saturated carbocycles. The summed E-state index contributed by atoms with van der Waals surface area (Å²) in [6.45, 7) is 0. The molecule has 126 valence electrons. The van der Waals surface area contributed by atoms with Crippen LogP contribution in [0.15, 0.2) is 65.8 Å². The fourth-order valence-corrected chi connectivity index (χ4v) is 2.58. The number of amides is 1. The van der Waals surface area contributed by atoms with Crippen molar-refractivity contribution in [3.05, 3.63) is 77.6 Å². The molecule has 3 aromatic rings. The first-order chi connectivity index (χ1) is 12.2. The number of benzene rings is 3. The summed E-state index contributed by atoms with van der Waals surface area (Å²) >= 11 is 0. The van der Waals surface area contributed by atoms with Crippen molar-refractivity contribution >= 4 is 22.9 Å². The van der Waals surface area contributed by atoms with E-state index in [1.165, 1.54) is 12.1 Å². The van der Waals surface area contributed by atoms with Crippen molar-refractivity contribution < 1.29 is 13.9 Å². The van der Waals surface area contributed by atoms with Gasteiger partial charge in [-0.1, -0.05) is 42.5 Å². The smallest absolute Gasteiger partial charge is 0.244 e. The summed E-state index contributed by atoms with van der Waals surface area (Å²) in [5.41, 5.74) is 4.00. The number of halogens is 1. The largest absolute Gasteiger partial charge is 0.496 e. The number of ether oxygens (including phenoxy) is 1. The Morgan fingerprint density at radius 3 is 2.64 bits per heavy atom. The van der Waals surface area contributed by atoms with Gasteiger partial charge < -0.3 is 4.74 Å². The van der Waals surface area contributed by atoms with Crippen molar-refractivity contribution in [2.75, 3.05) is 7.11 Å². The highest BCUT2D eigenvalue weighted by molar-refractivity contribution is 6.02. The first kappa shape index (κ1) is 16.6. The van der Waals surface area contributed by atoms with Crippen LogP contribution in [0.5, 0.6) is 5.75 Å². The van der Waals surface area contributed by atoms with Gasteiger partial charge in [0, 0.05) is 5.56 Å². The van der Waals surface area contributed by atoms with Gasteiger partial charge in [0.1, 0.15) is 11.6 Å². The molecule has 5 heteroatoms. The van der Waals surface area contributed by atoms with Gasteiger partial charge in [0.2, 0.25) is 5.91 Å². The van der Waals surface area contributed by atoms with E-state index in [0.29, 0.717) is 5.75 Å². The van der Waals surface area contributed by atoms with Gasteiger partial charge in [0.05, 0.1) is 19.7 Å². The zero-order valence-corrected chi connectivity index (χ0v) is 13.7. The summed E-state index contributed by atoms with van der Waals surface area (Å²) in [6, 6.07) is 17.5. The first-order valence-corrected chi connectivity index (χ1v) is 7.79. The molecule has 0 unspecified atom stereocenters. The minimum Gasteiger partial charge on any atom is -0.496 e. The number of hydrogen-bond donors (Lipinski definition) is 1. The predicted octanol–water partition coefficient (Wildman–Crippen LogP) is 3.68. The van der Waals surface area contributed by atoms with Gasteiger partial charge in [0.25, 0.3) is 0 Å². The van der Waals surface area contributed by atoms with E-state index >= 15 is 0 Å². The molecule has 25 heavy (non-hydrogen) atoms. The molecule has 1 amide bonds. The minimum atomic E-state index is -0.328. The van der Waals surface area contributed by atoms with Gasteiger partial charge in [-0.15, -0.1) is 0 Å². The second-order valence-corrected chi connectivity index (χ2v) is 5.50. The molecule has 0 heterocycles. The summed E-state index contributed by atoms with van der Waals surface area (Å²) in [6.07, 6.45) is 1.70. The Hall–Kier alpha value is -3.21. The molecule has 3 aromatic carbocycles. The Balaban J connectivity index is 1.74. The van der Waals surface area contributed by atoms with Crippen LogP contribution in [-0.2, 0) is 11.2 Å². The molecule has 0 saturated heterocycles. The summed E-state index contributed by atoms with van der Waals surface area (Å²) in [5, 5.41) is 6.08. The van der Waals surface area contributed by atoms with Crippen molar-refractivity contribution in [3.63, 3.8) is 0 Å². The van der Waals surface area contributed by atoms with E-state index in [4.69, 9.17) is 4.74 Å². The van der Waals surface area contributed by atoms with Crippen LogP contribution in [0.25, 0.3) is 10.8 Å². The predicted molar refractivity (Wildman–Crippen MR) is 96.3 cm³/mol. The summed E-state index contributed by atoms with van der Waals surface area (Å²) in [5.74, 6) is 0.0718. The normalized spacial score (nSPS) is 11.0. The lowest BCUT2D eigenvalue weighted by atomic mass is 10.0. The minimum absolute atomic E-state index is 0.129. The molecule has 3 rings (SSSR count). The number of hydrazone groups is 1. The van der Waals surface area contributed by atoms with E-state index in [1.807, 2.05) is 36.4 Å². The zero-order chi connectivity index (χ0) is 17.6. The summed E-state index contributed by atoms with van der Waals surface area (Å²) < 4.78 is 18.3. The molecule has 4 nitrogen and oxygen atoms in total. The number of methoxy groups -OCH3 is 1. The standard InChI is InChI=1S/C20H17FN2O2/c1-25-19-11-8-15-4-2-3-5-17(15)18(19)13-22-23-20(24)12-14-6-9-16(21)10-7-14/h2-11,13H,12H2,1H3,(H,23,24)/b22-13-. The Morgan fingerprint density at radius 2 is 1.88 bits per heavy atom. The lowest BCUT2D eigenvalue weighted by Gasteiger charge is -2.08. The van der Waals surface area contributed by atoms with Crippen LogP contribution in [0.1, 0.15) is 11.1 Å². The fourth-order valence-electron chi connectivity index (χ4n) is 2.58. The average molecular weight is 336 g/mol. The monoisotopic (exact) mass is 336 g/mol. The van der Waals surface area contributed by atoms with Crippen LogP contribution in [0.4, 0.5) is 4.39 Å². The maximum atomic E-state index is 12.9. The molecular formula is C20H17FN2O2. The first-order valence-electron chi connectivity index (χ1n) is 7.79. The van der Waals surface area contributed by atoms with Crippen LogP contribution >= 0.6 is 0 Å². The number of rotatable bonds is 5.